The summed E-state index contributed by atoms with van der Waals surface area (Å²) in [6.07, 6.45) is 2.16. The molecule has 0 unspecified atom stereocenters. The molecule has 0 saturated carbocycles. The molecule has 0 spiro atoms. The Labute approximate surface area is 188 Å². The SMILES string of the molecule is N[C@@H](Cc1c[nH]c2ccccc12)C(=O)O.[H-].[H-].[K+].[K+]. The van der Waals surface area contributed by atoms with Crippen LogP contribution in [0.1, 0.15) is 8.42 Å². The van der Waals surface area contributed by atoms with E-state index in [1.165, 1.54) is 0 Å². The van der Waals surface area contributed by atoms with Crippen molar-refractivity contribution in [2.75, 3.05) is 0 Å². The average Bonchev–Trinajstić information content (AvgIpc) is 2.62. The van der Waals surface area contributed by atoms with E-state index in [-0.39, 0.29) is 106 Å². The minimum absolute atomic E-state index is 0. The molecule has 0 radical (unpaired) electrons. The van der Waals surface area contributed by atoms with Gasteiger partial charge in [0.25, 0.3) is 0 Å². The first-order chi connectivity index (χ1) is 7.18. The van der Waals surface area contributed by atoms with E-state index in [4.69, 9.17) is 10.8 Å². The van der Waals surface area contributed by atoms with Crippen LogP contribution in [0.3, 0.4) is 0 Å². The van der Waals surface area contributed by atoms with Crippen molar-refractivity contribution in [3.05, 3.63) is 36.0 Å². The maximum atomic E-state index is 10.6. The molecule has 2 aromatic rings. The molecule has 1 atom stereocenters. The molecule has 2 rings (SSSR count). The van der Waals surface area contributed by atoms with Crippen molar-refractivity contribution in [1.82, 2.24) is 4.98 Å². The van der Waals surface area contributed by atoms with Crippen molar-refractivity contribution < 1.29 is 116 Å². The first-order valence-corrected chi connectivity index (χ1v) is 4.72. The van der Waals surface area contributed by atoms with Gasteiger partial charge in [-0.3, -0.25) is 4.79 Å². The van der Waals surface area contributed by atoms with Crippen LogP contribution < -0.4 is 109 Å². The molecule has 0 aliphatic rings. The van der Waals surface area contributed by atoms with Gasteiger partial charge in [0.05, 0.1) is 0 Å². The van der Waals surface area contributed by atoms with Gasteiger partial charge in [-0.2, -0.15) is 0 Å². The van der Waals surface area contributed by atoms with E-state index in [1.54, 1.807) is 0 Å². The summed E-state index contributed by atoms with van der Waals surface area (Å²) < 4.78 is 0. The molecule has 0 amide bonds. The number of fused-ring (bicyclic) bond motifs is 1. The molecule has 4 nitrogen and oxygen atoms in total. The Morgan fingerprint density at radius 1 is 1.41 bits per heavy atom. The van der Waals surface area contributed by atoms with E-state index in [0.717, 1.165) is 16.5 Å². The largest absolute Gasteiger partial charge is 1.00 e. The van der Waals surface area contributed by atoms with Gasteiger partial charge in [0.2, 0.25) is 0 Å². The fourth-order valence-corrected chi connectivity index (χ4v) is 1.62. The molecule has 0 aliphatic heterocycles. The zero-order valence-corrected chi connectivity index (χ0v) is 16.4. The molecule has 1 heterocycles. The van der Waals surface area contributed by atoms with Crippen LogP contribution in [0.25, 0.3) is 10.9 Å². The smallest absolute Gasteiger partial charge is 1.00 e. The summed E-state index contributed by atoms with van der Waals surface area (Å²) in [4.78, 5) is 13.7. The third-order valence-corrected chi connectivity index (χ3v) is 2.43. The third kappa shape index (κ3) is 4.81. The van der Waals surface area contributed by atoms with Crippen LogP contribution in [0, 0.1) is 0 Å². The normalized spacial score (nSPS) is 11.4. The predicted octanol–water partition coefficient (Wildman–Crippen LogP) is -4.64. The number of hydrogen-bond acceptors (Lipinski definition) is 2. The maximum absolute atomic E-state index is 10.6. The first kappa shape index (κ1) is 18.5. The van der Waals surface area contributed by atoms with E-state index in [2.05, 4.69) is 4.98 Å². The summed E-state index contributed by atoms with van der Waals surface area (Å²) in [6, 6.07) is 6.91. The van der Waals surface area contributed by atoms with E-state index in [9.17, 15) is 4.79 Å². The fourth-order valence-electron chi connectivity index (χ4n) is 1.62. The second-order valence-electron chi connectivity index (χ2n) is 3.51. The number of aromatic nitrogens is 1. The maximum Gasteiger partial charge on any atom is 1.00 e. The van der Waals surface area contributed by atoms with Gasteiger partial charge >= 0.3 is 109 Å². The molecule has 17 heavy (non-hydrogen) atoms. The van der Waals surface area contributed by atoms with Crippen molar-refractivity contribution in [3.8, 4) is 0 Å². The van der Waals surface area contributed by atoms with Gasteiger partial charge < -0.3 is 18.7 Å². The van der Waals surface area contributed by atoms with Gasteiger partial charge in [-0.25, -0.2) is 0 Å². The minimum Gasteiger partial charge on any atom is -1.00 e. The second-order valence-corrected chi connectivity index (χ2v) is 3.51. The van der Waals surface area contributed by atoms with E-state index >= 15 is 0 Å². The van der Waals surface area contributed by atoms with Crippen LogP contribution in [0.4, 0.5) is 0 Å². The second kappa shape index (κ2) is 8.60. The van der Waals surface area contributed by atoms with Gasteiger partial charge in [0.15, 0.2) is 0 Å². The van der Waals surface area contributed by atoms with Crippen LogP contribution in [0.15, 0.2) is 30.5 Å². The van der Waals surface area contributed by atoms with Crippen molar-refractivity contribution in [1.29, 1.82) is 0 Å². The molecule has 6 heteroatoms. The number of aromatic amines is 1. The van der Waals surface area contributed by atoms with E-state index in [0.29, 0.717) is 6.42 Å². The fraction of sp³-hybridized carbons (Fsp3) is 0.182. The minimum atomic E-state index is -0.972. The number of H-pyrrole nitrogens is 1. The van der Waals surface area contributed by atoms with Gasteiger partial charge in [-0.1, -0.05) is 18.2 Å². The summed E-state index contributed by atoms with van der Waals surface area (Å²) >= 11 is 0. The zero-order valence-electron chi connectivity index (χ0n) is 12.1. The molecule has 0 fully saturated rings. The van der Waals surface area contributed by atoms with Gasteiger partial charge in [-0.15, -0.1) is 0 Å². The quantitative estimate of drug-likeness (QED) is 0.496. The number of nitrogens with one attached hydrogen (secondary N) is 1. The van der Waals surface area contributed by atoms with Gasteiger partial charge in [0, 0.05) is 23.5 Å². The molecular weight excluding hydrogens is 270 g/mol. The van der Waals surface area contributed by atoms with Crippen LogP contribution in [-0.4, -0.2) is 22.1 Å². The summed E-state index contributed by atoms with van der Waals surface area (Å²) in [5.41, 5.74) is 7.43. The van der Waals surface area contributed by atoms with E-state index < -0.39 is 12.0 Å². The predicted molar refractivity (Wildman–Crippen MR) is 59.8 cm³/mol. The van der Waals surface area contributed by atoms with Crippen LogP contribution in [0.2, 0.25) is 0 Å². The number of nitrogens with two attached hydrogens (primary N) is 1. The number of benzene rings is 1. The Bertz CT molecular complexity index is 508. The Balaban J connectivity index is -0.000000640. The molecule has 4 N–H and O–H groups in total. The number of hydrogen-bond donors (Lipinski definition) is 3. The Kier molecular flexibility index (Phi) is 9.34. The van der Waals surface area contributed by atoms with E-state index in [1.807, 2.05) is 30.5 Å². The molecule has 1 aromatic carbocycles. The number of carboxylic acids is 1. The molecule has 0 bridgehead atoms. The monoisotopic (exact) mass is 284 g/mol. The number of aliphatic carboxylic acids is 1. The van der Waals surface area contributed by atoms with Gasteiger partial charge in [-0.05, 0) is 11.6 Å². The van der Waals surface area contributed by atoms with Crippen molar-refractivity contribution >= 4 is 16.9 Å². The molecule has 0 aliphatic carbocycles. The van der Waals surface area contributed by atoms with Crippen LogP contribution in [-0.2, 0) is 11.2 Å². The average molecular weight is 284 g/mol. The number of para-hydroxylation sites is 1. The Morgan fingerprint density at radius 3 is 2.71 bits per heavy atom. The van der Waals surface area contributed by atoms with Crippen molar-refractivity contribution in [3.63, 3.8) is 0 Å². The standard InChI is InChI=1S/C11H12N2O2.2K.2H/c12-9(11(14)15)5-7-6-13-10-4-2-1-3-8(7)10;;;;/h1-4,6,9,13H,5,12H2,(H,14,15);;;;/q;2*+1;2*-1/t9-;;;;/m0..../s1. The summed E-state index contributed by atoms with van der Waals surface area (Å²) in [5.74, 6) is -0.972. The van der Waals surface area contributed by atoms with Crippen LogP contribution in [0.5, 0.6) is 0 Å². The molecular formula is C11H14K2N2O2. The molecule has 0 saturated heterocycles. The van der Waals surface area contributed by atoms with Gasteiger partial charge in [0.1, 0.15) is 6.04 Å². The Hall–Kier alpha value is 1.46. The van der Waals surface area contributed by atoms with Crippen molar-refractivity contribution in [2.45, 2.75) is 12.5 Å². The van der Waals surface area contributed by atoms with Crippen molar-refractivity contribution in [2.24, 2.45) is 5.73 Å². The van der Waals surface area contributed by atoms with Crippen LogP contribution >= 0.6 is 0 Å². The summed E-state index contributed by atoms with van der Waals surface area (Å²) in [6.45, 7) is 0. The number of rotatable bonds is 3. The zero-order chi connectivity index (χ0) is 10.8. The first-order valence-electron chi connectivity index (χ1n) is 4.72. The number of carbonyl (C=O) groups is 1. The summed E-state index contributed by atoms with van der Waals surface area (Å²) in [7, 11) is 0. The molecule has 82 valence electrons. The molecule has 1 aromatic heterocycles. The number of carboxylic acid groups (broad SMARTS) is 1. The third-order valence-electron chi connectivity index (χ3n) is 2.43. The topological polar surface area (TPSA) is 79.1 Å². The summed E-state index contributed by atoms with van der Waals surface area (Å²) in [5, 5.41) is 9.75. The Morgan fingerprint density at radius 2 is 2.06 bits per heavy atom.